The number of nitrogens with two attached hydrogens (primary N) is 1. The number of ketones is 2. The minimum absolute atomic E-state index is 0.0973. The first-order chi connectivity index (χ1) is 17.7. The number of amides is 1. The second kappa shape index (κ2) is 9.54. The topological polar surface area (TPSA) is 99.4 Å². The molecule has 1 fully saturated rings. The molecule has 3 aromatic carbocycles. The van der Waals surface area contributed by atoms with Crippen molar-refractivity contribution in [2.75, 3.05) is 0 Å². The van der Waals surface area contributed by atoms with E-state index in [-0.39, 0.29) is 35.8 Å². The van der Waals surface area contributed by atoms with Crippen molar-refractivity contribution in [3.05, 3.63) is 101 Å². The molecule has 1 heterocycles. The Bertz CT molecular complexity index is 1530. The van der Waals surface area contributed by atoms with Gasteiger partial charge in [-0.3, -0.25) is 19.4 Å². The summed E-state index contributed by atoms with van der Waals surface area (Å²) in [6.45, 7) is 0. The van der Waals surface area contributed by atoms with E-state index in [0.29, 0.717) is 40.8 Å². The van der Waals surface area contributed by atoms with Gasteiger partial charge in [0.1, 0.15) is 23.1 Å². The third-order valence-electron chi connectivity index (χ3n) is 6.67. The van der Waals surface area contributed by atoms with E-state index in [9.17, 15) is 23.2 Å². The Kier molecular flexibility index (Phi) is 6.25. The lowest BCUT2D eigenvalue weighted by Crippen LogP contribution is -2.28. The number of hydrogen-bond acceptors (Lipinski definition) is 5. The molecule has 186 valence electrons. The van der Waals surface area contributed by atoms with E-state index in [2.05, 4.69) is 4.98 Å². The third-order valence-corrected chi connectivity index (χ3v) is 6.67. The predicted molar refractivity (Wildman–Crippen MR) is 132 cm³/mol. The first-order valence-corrected chi connectivity index (χ1v) is 11.7. The minimum Gasteiger partial charge on any atom is -0.457 e. The van der Waals surface area contributed by atoms with Crippen molar-refractivity contribution in [1.29, 1.82) is 0 Å². The van der Waals surface area contributed by atoms with E-state index >= 15 is 0 Å². The number of primary amides is 1. The summed E-state index contributed by atoms with van der Waals surface area (Å²) in [6.07, 6.45) is 2.72. The Morgan fingerprint density at radius 1 is 0.865 bits per heavy atom. The number of carbonyl (C=O) groups is 3. The number of hydrogen-bond donors (Lipinski definition) is 1. The summed E-state index contributed by atoms with van der Waals surface area (Å²) in [5.74, 6) is -1.48. The number of aromatic nitrogens is 1. The molecule has 0 spiro atoms. The summed E-state index contributed by atoms with van der Waals surface area (Å²) in [4.78, 5) is 41.6. The van der Waals surface area contributed by atoms with Crippen LogP contribution in [0, 0.1) is 17.0 Å². The van der Waals surface area contributed by atoms with Crippen LogP contribution in [0.4, 0.5) is 8.78 Å². The van der Waals surface area contributed by atoms with Crippen molar-refractivity contribution in [3.63, 3.8) is 0 Å². The molecule has 1 saturated carbocycles. The van der Waals surface area contributed by atoms with Gasteiger partial charge in [0, 0.05) is 30.5 Å². The number of ether oxygens (including phenoxy) is 1. The standard InChI is InChI=1S/C29H22F2N2O4/c30-19-5-1-17(2-6-19)13-26(34)29(10-11-29)27(35)14-18-3-7-20(8-4-18)37-25-9-12-33-24-16-23(31)21(28(32)36)15-22(24)25/h1-9,12,15-16H,10-11,13-14H2,(H2,32,36). The van der Waals surface area contributed by atoms with E-state index in [1.165, 1.54) is 24.4 Å². The zero-order valence-electron chi connectivity index (χ0n) is 19.7. The second-order valence-corrected chi connectivity index (χ2v) is 9.18. The molecular formula is C29H22F2N2O4. The van der Waals surface area contributed by atoms with Crippen molar-refractivity contribution < 1.29 is 27.9 Å². The Balaban J connectivity index is 1.28. The Morgan fingerprint density at radius 3 is 2.03 bits per heavy atom. The average Bonchev–Trinajstić information content (AvgIpc) is 3.69. The van der Waals surface area contributed by atoms with E-state index in [1.807, 2.05) is 0 Å². The van der Waals surface area contributed by atoms with Crippen LogP contribution in [0.15, 0.2) is 72.9 Å². The molecule has 0 radical (unpaired) electrons. The van der Waals surface area contributed by atoms with Crippen LogP contribution in [0.2, 0.25) is 0 Å². The largest absolute Gasteiger partial charge is 0.457 e. The normalized spacial score (nSPS) is 13.8. The van der Waals surface area contributed by atoms with Gasteiger partial charge in [0.25, 0.3) is 5.91 Å². The van der Waals surface area contributed by atoms with Gasteiger partial charge in [-0.25, -0.2) is 8.78 Å². The molecule has 0 bridgehead atoms. The molecular weight excluding hydrogens is 478 g/mol. The molecule has 4 aromatic rings. The van der Waals surface area contributed by atoms with E-state index in [1.54, 1.807) is 42.5 Å². The zero-order chi connectivity index (χ0) is 26.2. The van der Waals surface area contributed by atoms with Gasteiger partial charge in [0.2, 0.25) is 0 Å². The molecule has 0 atom stereocenters. The molecule has 2 N–H and O–H groups in total. The molecule has 0 aliphatic heterocycles. The van der Waals surface area contributed by atoms with Crippen LogP contribution in [0.3, 0.4) is 0 Å². The highest BCUT2D eigenvalue weighted by Crippen LogP contribution is 2.48. The van der Waals surface area contributed by atoms with E-state index < -0.39 is 17.1 Å². The SMILES string of the molecule is NC(=O)c1cc2c(Oc3ccc(CC(=O)C4(C(=O)Cc5ccc(F)cc5)CC4)cc3)ccnc2cc1F. The number of halogens is 2. The molecule has 1 aliphatic carbocycles. The van der Waals surface area contributed by atoms with Gasteiger partial charge in [0.15, 0.2) is 11.6 Å². The number of rotatable bonds is 9. The average molecular weight is 501 g/mol. The van der Waals surface area contributed by atoms with Gasteiger partial charge in [-0.1, -0.05) is 24.3 Å². The van der Waals surface area contributed by atoms with Crippen LogP contribution in [0.25, 0.3) is 10.9 Å². The summed E-state index contributed by atoms with van der Waals surface area (Å²) in [7, 11) is 0. The summed E-state index contributed by atoms with van der Waals surface area (Å²) in [5, 5.41) is 0.423. The molecule has 5 rings (SSSR count). The fraction of sp³-hybridized carbons (Fsp3) is 0.172. The first-order valence-electron chi connectivity index (χ1n) is 11.7. The fourth-order valence-corrected chi connectivity index (χ4v) is 4.37. The quantitative estimate of drug-likeness (QED) is 0.322. The van der Waals surface area contributed by atoms with Crippen molar-refractivity contribution in [1.82, 2.24) is 4.98 Å². The van der Waals surface area contributed by atoms with Gasteiger partial charge in [-0.2, -0.15) is 0 Å². The van der Waals surface area contributed by atoms with Crippen molar-refractivity contribution in [2.45, 2.75) is 25.7 Å². The molecule has 1 aromatic heterocycles. The first kappa shape index (κ1) is 24.2. The van der Waals surface area contributed by atoms with Crippen LogP contribution in [0.5, 0.6) is 11.5 Å². The fourth-order valence-electron chi connectivity index (χ4n) is 4.37. The number of pyridine rings is 1. The van der Waals surface area contributed by atoms with Crippen LogP contribution < -0.4 is 10.5 Å². The Morgan fingerprint density at radius 2 is 1.46 bits per heavy atom. The molecule has 6 nitrogen and oxygen atoms in total. The molecule has 1 amide bonds. The monoisotopic (exact) mass is 500 g/mol. The van der Waals surface area contributed by atoms with E-state index in [0.717, 1.165) is 11.6 Å². The van der Waals surface area contributed by atoms with Crippen LogP contribution in [-0.2, 0) is 22.4 Å². The zero-order valence-corrected chi connectivity index (χ0v) is 19.7. The van der Waals surface area contributed by atoms with Gasteiger partial charge in [-0.05, 0) is 60.4 Å². The number of Topliss-reactive ketones (excluding diaryl/α,β-unsaturated/α-hetero) is 2. The number of carbonyl (C=O) groups excluding carboxylic acids is 3. The molecule has 0 unspecified atom stereocenters. The summed E-state index contributed by atoms with van der Waals surface area (Å²) in [6, 6.07) is 16.6. The highest BCUT2D eigenvalue weighted by Gasteiger charge is 2.54. The smallest absolute Gasteiger partial charge is 0.251 e. The van der Waals surface area contributed by atoms with Crippen LogP contribution in [0.1, 0.15) is 34.3 Å². The Labute approximate surface area is 211 Å². The molecule has 8 heteroatoms. The highest BCUT2D eigenvalue weighted by atomic mass is 19.1. The maximum Gasteiger partial charge on any atom is 0.251 e. The summed E-state index contributed by atoms with van der Waals surface area (Å²) < 4.78 is 33.2. The van der Waals surface area contributed by atoms with Gasteiger partial charge < -0.3 is 10.5 Å². The van der Waals surface area contributed by atoms with E-state index in [4.69, 9.17) is 10.5 Å². The highest BCUT2D eigenvalue weighted by molar-refractivity contribution is 6.11. The lowest BCUT2D eigenvalue weighted by atomic mass is 9.88. The lowest BCUT2D eigenvalue weighted by molar-refractivity contribution is -0.133. The molecule has 0 saturated heterocycles. The van der Waals surface area contributed by atoms with Crippen molar-refractivity contribution >= 4 is 28.4 Å². The number of fused-ring (bicyclic) bond motifs is 1. The minimum atomic E-state index is -0.965. The molecule has 1 aliphatic rings. The van der Waals surface area contributed by atoms with Gasteiger partial charge >= 0.3 is 0 Å². The summed E-state index contributed by atoms with van der Waals surface area (Å²) in [5.41, 5.74) is 5.75. The number of nitrogens with zero attached hydrogens (tertiary/aromatic N) is 1. The van der Waals surface area contributed by atoms with Crippen molar-refractivity contribution in [2.24, 2.45) is 11.1 Å². The summed E-state index contributed by atoms with van der Waals surface area (Å²) >= 11 is 0. The second-order valence-electron chi connectivity index (χ2n) is 9.18. The lowest BCUT2D eigenvalue weighted by Gasteiger charge is -2.14. The van der Waals surface area contributed by atoms with Gasteiger partial charge in [-0.15, -0.1) is 0 Å². The maximum atomic E-state index is 14.1. The Hall–Kier alpha value is -4.46. The molecule has 37 heavy (non-hydrogen) atoms. The van der Waals surface area contributed by atoms with Gasteiger partial charge in [0.05, 0.1) is 16.5 Å². The van der Waals surface area contributed by atoms with Crippen LogP contribution >= 0.6 is 0 Å². The number of benzene rings is 3. The van der Waals surface area contributed by atoms with Crippen molar-refractivity contribution in [3.8, 4) is 11.5 Å². The maximum absolute atomic E-state index is 14.1. The predicted octanol–water partition coefficient (Wildman–Crippen LogP) is 5.11. The third kappa shape index (κ3) is 4.95. The van der Waals surface area contributed by atoms with Crippen LogP contribution in [-0.4, -0.2) is 22.5 Å².